The highest BCUT2D eigenvalue weighted by Crippen LogP contribution is 2.36. The van der Waals surface area contributed by atoms with Crippen molar-refractivity contribution in [1.29, 1.82) is 5.26 Å². The number of fused-ring (bicyclic) bond motifs is 1. The van der Waals surface area contributed by atoms with Crippen LogP contribution in [-0.2, 0) is 11.2 Å². The van der Waals surface area contributed by atoms with E-state index in [-0.39, 0.29) is 27.4 Å². The number of anilines is 1. The summed E-state index contributed by atoms with van der Waals surface area (Å²) < 4.78 is 11.5. The molecule has 28 heavy (non-hydrogen) atoms. The lowest BCUT2D eigenvalue weighted by Gasteiger charge is -2.11. The van der Waals surface area contributed by atoms with Gasteiger partial charge >= 0.3 is 0 Å². The Hall–Kier alpha value is -2.68. The van der Waals surface area contributed by atoms with E-state index in [1.165, 1.54) is 6.08 Å². The van der Waals surface area contributed by atoms with Gasteiger partial charge in [-0.05, 0) is 44.2 Å². The third kappa shape index (κ3) is 4.24. The molecule has 1 aliphatic heterocycles. The van der Waals surface area contributed by atoms with Gasteiger partial charge in [-0.3, -0.25) is 4.79 Å². The Balaban J connectivity index is 1.95. The fraction of sp³-hybridized carbons (Fsp3) is 0.238. The normalized spacial score (nSPS) is 15.4. The molecule has 0 radical (unpaired) electrons. The van der Waals surface area contributed by atoms with E-state index in [1.54, 1.807) is 24.3 Å². The number of halogens is 2. The van der Waals surface area contributed by atoms with Gasteiger partial charge in [-0.2, -0.15) is 5.26 Å². The summed E-state index contributed by atoms with van der Waals surface area (Å²) in [6.07, 6.45) is 2.33. The number of hydrogen-bond acceptors (Lipinski definition) is 4. The molecule has 0 saturated heterocycles. The fourth-order valence-electron chi connectivity index (χ4n) is 2.95. The van der Waals surface area contributed by atoms with Crippen LogP contribution < -0.4 is 14.8 Å². The van der Waals surface area contributed by atoms with Crippen molar-refractivity contribution in [2.45, 2.75) is 26.4 Å². The van der Waals surface area contributed by atoms with Gasteiger partial charge in [0.2, 0.25) is 0 Å². The lowest BCUT2D eigenvalue weighted by Crippen LogP contribution is -2.14. The summed E-state index contributed by atoms with van der Waals surface area (Å²) in [6, 6.07) is 10.5. The molecule has 0 aliphatic carbocycles. The van der Waals surface area contributed by atoms with Crippen molar-refractivity contribution < 1.29 is 14.3 Å². The number of carbonyl (C=O) groups excluding carboxylic acids is 1. The third-order valence-corrected chi connectivity index (χ3v) is 4.82. The molecule has 1 N–H and O–H groups in total. The maximum absolute atomic E-state index is 12.6. The number of nitrogens with zero attached hydrogens (tertiary/aromatic N) is 1. The van der Waals surface area contributed by atoms with Crippen molar-refractivity contribution in [2.24, 2.45) is 0 Å². The Morgan fingerprint density at radius 1 is 1.39 bits per heavy atom. The molecule has 0 spiro atoms. The topological polar surface area (TPSA) is 71.3 Å². The molecule has 1 heterocycles. The molecule has 144 valence electrons. The van der Waals surface area contributed by atoms with Gasteiger partial charge < -0.3 is 14.8 Å². The Bertz CT molecular complexity index is 976. The summed E-state index contributed by atoms with van der Waals surface area (Å²) in [4.78, 5) is 12.6. The van der Waals surface area contributed by atoms with Gasteiger partial charge in [-0.15, -0.1) is 0 Å². The van der Waals surface area contributed by atoms with Crippen molar-refractivity contribution in [3.05, 3.63) is 57.1 Å². The van der Waals surface area contributed by atoms with E-state index in [0.29, 0.717) is 17.9 Å². The molecule has 1 amide bonds. The average molecular weight is 417 g/mol. The van der Waals surface area contributed by atoms with Crippen LogP contribution in [0.25, 0.3) is 6.08 Å². The molecule has 5 nitrogen and oxygen atoms in total. The number of para-hydroxylation sites is 1. The second kappa shape index (κ2) is 8.55. The van der Waals surface area contributed by atoms with Gasteiger partial charge in [-0.1, -0.05) is 29.3 Å². The van der Waals surface area contributed by atoms with E-state index in [2.05, 4.69) is 5.32 Å². The van der Waals surface area contributed by atoms with Crippen LogP contribution >= 0.6 is 23.2 Å². The second-order valence-electron chi connectivity index (χ2n) is 6.28. The Morgan fingerprint density at radius 2 is 2.11 bits per heavy atom. The molecule has 3 rings (SSSR count). The number of amides is 1. The zero-order valence-electron chi connectivity index (χ0n) is 15.4. The van der Waals surface area contributed by atoms with E-state index in [1.807, 2.05) is 26.0 Å². The van der Waals surface area contributed by atoms with E-state index >= 15 is 0 Å². The number of ether oxygens (including phenoxy) is 2. The molecule has 2 aromatic carbocycles. The van der Waals surface area contributed by atoms with Crippen LogP contribution in [0.3, 0.4) is 0 Å². The minimum absolute atomic E-state index is 0.0739. The van der Waals surface area contributed by atoms with Crippen LogP contribution in [0.4, 0.5) is 5.69 Å². The number of nitriles is 1. The van der Waals surface area contributed by atoms with E-state index in [4.69, 9.17) is 32.7 Å². The number of benzene rings is 2. The molecule has 0 saturated carbocycles. The van der Waals surface area contributed by atoms with Crippen LogP contribution in [0.15, 0.2) is 35.9 Å². The Labute approximate surface area is 173 Å². The highest BCUT2D eigenvalue weighted by atomic mass is 35.5. The minimum atomic E-state index is -0.616. The number of carbonyl (C=O) groups is 1. The molecule has 0 bridgehead atoms. The molecule has 7 heteroatoms. The van der Waals surface area contributed by atoms with Gasteiger partial charge in [0.15, 0.2) is 0 Å². The number of rotatable bonds is 5. The lowest BCUT2D eigenvalue weighted by molar-refractivity contribution is -0.112. The minimum Gasteiger partial charge on any atom is -0.493 e. The Kier molecular flexibility index (Phi) is 6.13. The summed E-state index contributed by atoms with van der Waals surface area (Å²) >= 11 is 12.2. The van der Waals surface area contributed by atoms with Gasteiger partial charge in [0.25, 0.3) is 5.91 Å². The SMILES string of the molecule is CCOc1cc2c(cc1/C=C(\C#N)C(=O)Nc1c(Cl)cccc1Cl)O[C@@H](C)C2. The quantitative estimate of drug-likeness (QED) is 0.532. The zero-order valence-corrected chi connectivity index (χ0v) is 16.9. The van der Waals surface area contributed by atoms with Crippen molar-refractivity contribution in [3.8, 4) is 17.6 Å². The first-order chi connectivity index (χ1) is 13.4. The predicted molar refractivity (Wildman–Crippen MR) is 110 cm³/mol. The first-order valence-electron chi connectivity index (χ1n) is 8.76. The van der Waals surface area contributed by atoms with E-state index in [0.717, 1.165) is 17.7 Å². The van der Waals surface area contributed by atoms with Gasteiger partial charge in [0, 0.05) is 17.5 Å². The molecular formula is C21H18Cl2N2O3. The molecule has 2 aromatic rings. The van der Waals surface area contributed by atoms with Crippen molar-refractivity contribution in [1.82, 2.24) is 0 Å². The first-order valence-corrected chi connectivity index (χ1v) is 9.52. The third-order valence-electron chi connectivity index (χ3n) is 4.19. The molecule has 1 atom stereocenters. The summed E-state index contributed by atoms with van der Waals surface area (Å²) in [6.45, 7) is 4.31. The Morgan fingerprint density at radius 3 is 2.75 bits per heavy atom. The smallest absolute Gasteiger partial charge is 0.266 e. The largest absolute Gasteiger partial charge is 0.493 e. The van der Waals surface area contributed by atoms with Crippen LogP contribution in [-0.4, -0.2) is 18.6 Å². The van der Waals surface area contributed by atoms with Crippen LogP contribution in [0.5, 0.6) is 11.5 Å². The maximum atomic E-state index is 12.6. The van der Waals surface area contributed by atoms with Gasteiger partial charge in [-0.25, -0.2) is 0 Å². The summed E-state index contributed by atoms with van der Waals surface area (Å²) in [5.41, 5.74) is 1.78. The first kappa shape index (κ1) is 20.1. The van der Waals surface area contributed by atoms with Gasteiger partial charge in [0.05, 0.1) is 22.3 Å². The van der Waals surface area contributed by atoms with E-state index in [9.17, 15) is 10.1 Å². The second-order valence-corrected chi connectivity index (χ2v) is 7.10. The summed E-state index contributed by atoms with van der Waals surface area (Å²) in [5.74, 6) is 0.707. The highest BCUT2D eigenvalue weighted by Gasteiger charge is 2.22. The molecular weight excluding hydrogens is 399 g/mol. The van der Waals surface area contributed by atoms with Crippen molar-refractivity contribution in [2.75, 3.05) is 11.9 Å². The number of hydrogen-bond donors (Lipinski definition) is 1. The molecule has 0 fully saturated rings. The summed E-state index contributed by atoms with van der Waals surface area (Å²) in [7, 11) is 0. The summed E-state index contributed by atoms with van der Waals surface area (Å²) in [5, 5.41) is 12.7. The molecule has 0 aromatic heterocycles. The molecule has 1 aliphatic rings. The number of nitrogens with one attached hydrogen (secondary N) is 1. The lowest BCUT2D eigenvalue weighted by atomic mass is 10.0. The standard InChI is InChI=1S/C21H18Cl2N2O3/c1-3-27-18-9-13-7-12(2)28-19(13)10-14(18)8-15(11-24)21(26)25-20-16(22)5-4-6-17(20)23/h4-6,8-10,12H,3,7H2,1-2H3,(H,25,26)/b15-8+/t12-/m0/s1. The molecule has 0 unspecified atom stereocenters. The van der Waals surface area contributed by atoms with Gasteiger partial charge in [0.1, 0.15) is 29.2 Å². The average Bonchev–Trinajstić information content (AvgIpc) is 3.01. The van der Waals surface area contributed by atoms with Crippen LogP contribution in [0.1, 0.15) is 25.0 Å². The highest BCUT2D eigenvalue weighted by molar-refractivity contribution is 6.40. The van der Waals surface area contributed by atoms with Crippen LogP contribution in [0, 0.1) is 11.3 Å². The van der Waals surface area contributed by atoms with Crippen molar-refractivity contribution >= 4 is 40.9 Å². The predicted octanol–water partition coefficient (Wildman–Crippen LogP) is 5.26. The van der Waals surface area contributed by atoms with E-state index < -0.39 is 5.91 Å². The maximum Gasteiger partial charge on any atom is 0.266 e. The fourth-order valence-corrected chi connectivity index (χ4v) is 3.44. The monoisotopic (exact) mass is 416 g/mol. The zero-order chi connectivity index (χ0) is 20.3. The van der Waals surface area contributed by atoms with Crippen molar-refractivity contribution in [3.63, 3.8) is 0 Å². The van der Waals surface area contributed by atoms with Crippen LogP contribution in [0.2, 0.25) is 10.0 Å².